The largest absolute Gasteiger partial charge is 0.462 e. The van der Waals surface area contributed by atoms with E-state index in [2.05, 4.69) is 70.8 Å². The quantitative estimate of drug-likeness (QED) is 0.0884. The molecular formula is C119H171N5O26. The number of alkyl carbamates (subject to hydrolysis) is 3. The SMILES string of the molecule is CCC(=O)OC1CC(OC(=O)NC)CC2(C1)OOC1(O2)C2CC3CC(C2)CC1C3.CCC1CC2(Cc3ccccc31)OOC1(O2)C2CC3CC(C2)CC1C3.CCC1CCCC2(C1)OOC1(O2)C2CC3CC(C2)CC1C3.CNC(=O)OC1CC2(Cc3ccccc31)OOC1(O2)C2CC3CC(C2)CC1C3.CNC(=O)OC1CCCC2(C1)OOC1(O2)C2CC3CC(C2)CC1C3.CNC1CC(NC)CC2(C1)OOC1(O2)C2CC3CC(C2)CC1C3. The van der Waals surface area contributed by atoms with Gasteiger partial charge in [0.1, 0.15) is 24.4 Å². The van der Waals surface area contributed by atoms with Crippen molar-refractivity contribution in [1.29, 1.82) is 0 Å². The summed E-state index contributed by atoms with van der Waals surface area (Å²) in [6, 6.07) is 17.7. The molecule has 2 aromatic rings. The van der Waals surface area contributed by atoms with E-state index in [9.17, 15) is 19.2 Å². The molecule has 6 aliphatic heterocycles. The number of carbonyl (C=O) groups is 4. The Morgan fingerprint density at radius 1 is 0.287 bits per heavy atom. The molecule has 0 aromatic heterocycles. The van der Waals surface area contributed by atoms with Crippen molar-refractivity contribution < 1.29 is 125 Å². The molecule has 34 fully saturated rings. The average Bonchev–Trinajstić information content (AvgIpc) is 1.42. The predicted octanol–water partition coefficient (Wildman–Crippen LogP) is 21.6. The zero-order chi connectivity index (χ0) is 102. The third-order valence-corrected chi connectivity index (χ3v) is 45.1. The summed E-state index contributed by atoms with van der Waals surface area (Å²) in [5.41, 5.74) is 4.97. The summed E-state index contributed by atoms with van der Waals surface area (Å²) in [4.78, 5) is 120. The summed E-state index contributed by atoms with van der Waals surface area (Å²) in [5, 5.41) is 14.4. The normalized spacial score (nSPS) is 51.3. The Morgan fingerprint density at radius 2 is 0.587 bits per heavy atom. The van der Waals surface area contributed by atoms with Crippen LogP contribution in [-0.2, 0) is 124 Å². The summed E-state index contributed by atoms with van der Waals surface area (Å²) in [5.74, 6) is 9.89. The Balaban J connectivity index is 0.0000000887. The second-order valence-corrected chi connectivity index (χ2v) is 54.4. The van der Waals surface area contributed by atoms with Crippen LogP contribution in [-0.4, -0.2) is 159 Å². The molecule has 38 rings (SSSR count). The van der Waals surface area contributed by atoms with Gasteiger partial charge in [-0.05, 0) is 344 Å². The second-order valence-electron chi connectivity index (χ2n) is 54.4. The van der Waals surface area contributed by atoms with Crippen molar-refractivity contribution >= 4 is 24.2 Å². The van der Waals surface area contributed by atoms with E-state index in [0.717, 1.165) is 184 Å². The van der Waals surface area contributed by atoms with E-state index in [0.29, 0.717) is 134 Å². The van der Waals surface area contributed by atoms with Crippen LogP contribution in [0.25, 0.3) is 0 Å². The minimum Gasteiger partial charge on any atom is -0.462 e. The van der Waals surface area contributed by atoms with Crippen LogP contribution in [0.3, 0.4) is 0 Å². The fourth-order valence-electron chi connectivity index (χ4n) is 39.7. The molecule has 2 aromatic carbocycles. The summed E-state index contributed by atoms with van der Waals surface area (Å²) in [6.45, 7) is 6.32. The van der Waals surface area contributed by atoms with Crippen LogP contribution >= 0.6 is 0 Å². The van der Waals surface area contributed by atoms with Gasteiger partial charge < -0.3 is 74.0 Å². The molecule has 13 unspecified atom stereocenters. The van der Waals surface area contributed by atoms with E-state index >= 15 is 0 Å². The summed E-state index contributed by atoms with van der Waals surface area (Å²) in [7, 11) is 8.73. The van der Waals surface area contributed by atoms with Gasteiger partial charge in [-0.1, -0.05) is 82.1 Å². The Labute approximate surface area is 885 Å². The number of esters is 1. The topological polar surface area (TPSA) is 331 Å². The van der Waals surface area contributed by atoms with Crippen molar-refractivity contribution in [1.82, 2.24) is 26.6 Å². The molecule has 6 saturated heterocycles. The predicted molar refractivity (Wildman–Crippen MR) is 538 cm³/mol. The molecule has 6 heterocycles. The summed E-state index contributed by atoms with van der Waals surface area (Å²) in [6.07, 6.45) is 52.4. The lowest BCUT2D eigenvalue weighted by Crippen LogP contribution is -2.60. The van der Waals surface area contributed by atoms with Gasteiger partial charge in [-0.2, -0.15) is 58.7 Å². The Kier molecular flexibility index (Phi) is 27.0. The molecule has 150 heavy (non-hydrogen) atoms. The third-order valence-electron chi connectivity index (χ3n) is 45.1. The van der Waals surface area contributed by atoms with Gasteiger partial charge in [-0.25, -0.2) is 14.4 Å². The van der Waals surface area contributed by atoms with E-state index in [1.54, 1.807) is 21.0 Å². The standard InChI is InChI=1S/C22H27NO5.C22H28O3.C21H31NO7.C18H30N2O3.C18H27NO5.C18H28O3/c1-23-20(24)25-19-12-21(11-15-4-2-3-5-18(15)19)26-22(28-27-21)16-7-13-6-14(9-16)10-17(22)8-13;1-2-16-12-21(13-17-5-3-4-6-20(16)17)23-22(25-24-21)18-8-14-7-15(10-18)11-19(22)9-14;1-3-18(23)25-16-9-17(26-19(24)22-2)11-20(10-16)27-21(29-28-20)14-5-12-4-13(7-14)8-15(21)6-12;1-19-15-8-16(20-2)10-17(9-15)21-18(23-22-17)13-4-11-3-12(6-13)7-14(18)5-11;1-19-16(20)21-15-3-2-4-17(10-15)22-18(24-23-17)13-6-11-5-12(8-13)9-14(18)7-11;1-2-12-4-3-5-17(11-12)19-18(21-20-17)15-7-13-6-14(9-15)10-16(18)8-13/h2-5,13-14,16-17,19H,6-12H2,1H3,(H,23,24);3-6,14-16,18-19H,2,7-13H2,1H3;12-17H,3-11H2,1-2H3,(H,22,24);11-16,19-20H,3-10H2,1-2H3;11-15H,2-10H2,1H3,(H,19,20);12-16H,2-11H2,1H3. The summed E-state index contributed by atoms with van der Waals surface area (Å²) < 4.78 is 62.8. The maximum atomic E-state index is 11.9. The molecule has 31 nitrogen and oxygen atoms in total. The maximum Gasteiger partial charge on any atom is 0.407 e. The van der Waals surface area contributed by atoms with E-state index in [4.69, 9.17) is 106 Å². The lowest BCUT2D eigenvalue weighted by molar-refractivity contribution is -0.391. The Bertz CT molecular complexity index is 5050. The molecule has 13 atom stereocenters. The van der Waals surface area contributed by atoms with Gasteiger partial charge in [-0.3, -0.25) is 4.79 Å². The first-order chi connectivity index (χ1) is 72.7. The zero-order valence-corrected chi connectivity index (χ0v) is 90.3. The lowest BCUT2D eigenvalue weighted by Gasteiger charge is -2.57. The number of hydrogen-bond acceptors (Lipinski definition) is 28. The molecular weight excluding hydrogens is 1920 g/mol. The van der Waals surface area contributed by atoms with Crippen LogP contribution < -0.4 is 26.6 Å². The third kappa shape index (κ3) is 18.1. The molecule has 828 valence electrons. The molecule has 12 spiro atoms. The minimum atomic E-state index is -1.05. The second kappa shape index (κ2) is 39.5. The highest BCUT2D eigenvalue weighted by Gasteiger charge is 2.76. The fourth-order valence-corrected chi connectivity index (χ4v) is 39.7. The molecule has 24 bridgehead atoms. The van der Waals surface area contributed by atoms with Crippen molar-refractivity contribution in [3.05, 3.63) is 70.8 Å². The van der Waals surface area contributed by atoms with E-state index < -0.39 is 94.2 Å². The van der Waals surface area contributed by atoms with Gasteiger partial charge >= 0.3 is 24.2 Å². The Morgan fingerprint density at radius 3 is 0.953 bits per heavy atom. The number of hydrogen-bond donors (Lipinski definition) is 5. The van der Waals surface area contributed by atoms with Gasteiger partial charge in [0.15, 0.2) is 0 Å². The lowest BCUT2D eigenvalue weighted by atomic mass is 9.53. The van der Waals surface area contributed by atoms with Crippen molar-refractivity contribution in [2.75, 3.05) is 35.2 Å². The first-order valence-corrected chi connectivity index (χ1v) is 60.4. The number of amides is 3. The van der Waals surface area contributed by atoms with E-state index in [1.807, 2.05) is 32.3 Å². The van der Waals surface area contributed by atoms with Crippen LogP contribution in [0, 0.1) is 148 Å². The number of ether oxygens (including phenoxy) is 10. The van der Waals surface area contributed by atoms with E-state index in [1.165, 1.54) is 204 Å². The molecule has 30 aliphatic carbocycles. The molecule has 31 heteroatoms. The number of carbonyl (C=O) groups excluding carboxylic acids is 4. The first-order valence-electron chi connectivity index (χ1n) is 60.4. The highest BCUT2D eigenvalue weighted by molar-refractivity contribution is 5.69. The van der Waals surface area contributed by atoms with Crippen LogP contribution in [0.2, 0.25) is 0 Å². The number of rotatable bonds is 9. The number of fused-ring (bicyclic) bond motifs is 2. The van der Waals surface area contributed by atoms with Crippen molar-refractivity contribution in [3.8, 4) is 0 Å². The maximum absolute atomic E-state index is 11.9. The van der Waals surface area contributed by atoms with Gasteiger partial charge in [-0.15, -0.1) is 0 Å². The van der Waals surface area contributed by atoms with Crippen LogP contribution in [0.15, 0.2) is 48.5 Å². The Hall–Kier alpha value is -5.08. The monoisotopic (exact) mass is 2090 g/mol. The molecule has 5 N–H and O–H groups in total. The van der Waals surface area contributed by atoms with Gasteiger partial charge in [0.2, 0.25) is 69.4 Å². The highest BCUT2D eigenvalue weighted by Crippen LogP contribution is 2.73. The van der Waals surface area contributed by atoms with Crippen molar-refractivity contribution in [3.63, 3.8) is 0 Å². The zero-order valence-electron chi connectivity index (χ0n) is 90.3. The van der Waals surface area contributed by atoms with E-state index in [-0.39, 0.29) is 24.0 Å². The smallest absolute Gasteiger partial charge is 0.407 e. The van der Waals surface area contributed by atoms with Crippen molar-refractivity contribution in [2.24, 2.45) is 148 Å². The highest BCUT2D eigenvalue weighted by atomic mass is 17.3. The van der Waals surface area contributed by atoms with Crippen LogP contribution in [0.5, 0.6) is 0 Å². The van der Waals surface area contributed by atoms with Crippen LogP contribution in [0.1, 0.15) is 370 Å². The van der Waals surface area contributed by atoms with Crippen LogP contribution in [0.4, 0.5) is 14.4 Å². The summed E-state index contributed by atoms with van der Waals surface area (Å²) >= 11 is 0. The molecule has 36 aliphatic rings. The molecule has 3 amide bonds. The minimum absolute atomic E-state index is 0.172. The number of benzene rings is 2. The molecule has 28 saturated carbocycles. The van der Waals surface area contributed by atoms with Gasteiger partial charge in [0.25, 0.3) is 0 Å². The van der Waals surface area contributed by atoms with Crippen molar-refractivity contribution in [2.45, 2.75) is 460 Å². The molecule has 0 radical (unpaired) electrons. The average molecular weight is 2090 g/mol. The number of nitrogens with one attached hydrogen (secondary N) is 5. The fraction of sp³-hybridized carbons (Fsp3) is 0.866. The first kappa shape index (κ1) is 103. The van der Waals surface area contributed by atoms with Gasteiger partial charge in [0.05, 0.1) is 0 Å². The van der Waals surface area contributed by atoms with Gasteiger partial charge in [0, 0.05) is 194 Å².